The van der Waals surface area contributed by atoms with Gasteiger partial charge in [0.15, 0.2) is 0 Å². The minimum Gasteiger partial charge on any atom is -0.379 e. The summed E-state index contributed by atoms with van der Waals surface area (Å²) in [6, 6.07) is 11.0. The fraction of sp³-hybridized carbons (Fsp3) is 0.417. The van der Waals surface area contributed by atoms with Crippen LogP contribution in [0.5, 0.6) is 0 Å². The molecule has 0 bridgehead atoms. The number of amides is 2. The smallest absolute Gasteiger partial charge is 0.253 e. The fourth-order valence-electron chi connectivity index (χ4n) is 6.57. The van der Waals surface area contributed by atoms with Crippen molar-refractivity contribution in [1.29, 1.82) is 0 Å². The van der Waals surface area contributed by atoms with Crippen molar-refractivity contribution < 1.29 is 18.7 Å². The van der Waals surface area contributed by atoms with Gasteiger partial charge in [0.05, 0.1) is 13.2 Å². The van der Waals surface area contributed by atoms with E-state index >= 15 is 4.39 Å². The summed E-state index contributed by atoms with van der Waals surface area (Å²) in [5.74, 6) is -0.721. The topological polar surface area (TPSA) is 98.0 Å². The lowest BCUT2D eigenvalue weighted by Gasteiger charge is -2.32. The summed E-state index contributed by atoms with van der Waals surface area (Å²) in [7, 11) is 0. The number of pyridine rings is 1. The van der Waals surface area contributed by atoms with Gasteiger partial charge in [-0.15, -0.1) is 0 Å². The Morgan fingerprint density at radius 2 is 1.87 bits per heavy atom. The first-order chi connectivity index (χ1) is 22.1. The molecule has 244 valence electrons. The number of nitrogens with one attached hydrogen (secondary N) is 2. The van der Waals surface area contributed by atoms with Crippen LogP contribution in [0, 0.1) is 26.6 Å². The zero-order valence-corrected chi connectivity index (χ0v) is 27.2. The minimum atomic E-state index is -0.324. The van der Waals surface area contributed by atoms with Crippen LogP contribution >= 0.6 is 0 Å². The summed E-state index contributed by atoms with van der Waals surface area (Å²) in [4.78, 5) is 47.8. The molecule has 0 spiro atoms. The third-order valence-corrected chi connectivity index (χ3v) is 9.17. The Bertz CT molecular complexity index is 1680. The predicted molar refractivity (Wildman–Crippen MR) is 179 cm³/mol. The number of carbonyl (C=O) groups excluding carboxylic acids is 2. The van der Waals surface area contributed by atoms with Crippen LogP contribution in [0.1, 0.15) is 51.7 Å². The number of benzene rings is 2. The highest BCUT2D eigenvalue weighted by atomic mass is 19.1. The Morgan fingerprint density at radius 3 is 2.54 bits per heavy atom. The Balaban J connectivity index is 1.50. The standard InChI is InChI=1S/C36H44FN5O4/c1-6-34(43)41-11-10-29(22-41)42(7-2)33-19-28(26-8-9-27(32(37)18-26)21-40-12-14-46-15-13-40)17-30(25(33)5)35(44)38-20-31-23(3)16-24(4)39-36(31)45/h6,8-9,16-19,29H,1,7,10-15,20-22H2,2-5H3,(H,38,44)(H,39,45). The molecule has 0 saturated carbocycles. The summed E-state index contributed by atoms with van der Waals surface area (Å²) in [5.41, 5.74) is 5.89. The summed E-state index contributed by atoms with van der Waals surface area (Å²) >= 11 is 0. The minimum absolute atomic E-state index is 0.0418. The second-order valence-electron chi connectivity index (χ2n) is 12.2. The first-order valence-corrected chi connectivity index (χ1v) is 16.0. The van der Waals surface area contributed by atoms with Crippen LogP contribution < -0.4 is 15.8 Å². The van der Waals surface area contributed by atoms with Crippen LogP contribution in [0.2, 0.25) is 0 Å². The van der Waals surface area contributed by atoms with E-state index in [-0.39, 0.29) is 35.8 Å². The second-order valence-corrected chi connectivity index (χ2v) is 12.2. The number of anilines is 1. The van der Waals surface area contributed by atoms with Crippen LogP contribution in [0.25, 0.3) is 11.1 Å². The number of morpholine rings is 1. The van der Waals surface area contributed by atoms with Crippen LogP contribution in [0.3, 0.4) is 0 Å². The Morgan fingerprint density at radius 1 is 1.11 bits per heavy atom. The van der Waals surface area contributed by atoms with Crippen molar-refractivity contribution in [3.8, 4) is 11.1 Å². The second kappa shape index (κ2) is 14.4. The molecule has 1 atom stereocenters. The molecule has 2 aliphatic rings. The Kier molecular flexibility index (Phi) is 10.4. The van der Waals surface area contributed by atoms with E-state index in [2.05, 4.69) is 33.6 Å². The normalized spacial score (nSPS) is 16.8. The molecule has 3 heterocycles. The van der Waals surface area contributed by atoms with Crippen LogP contribution in [0.15, 0.2) is 53.8 Å². The van der Waals surface area contributed by atoms with E-state index in [9.17, 15) is 14.4 Å². The third kappa shape index (κ3) is 7.24. The third-order valence-electron chi connectivity index (χ3n) is 9.17. The maximum atomic E-state index is 15.5. The van der Waals surface area contributed by atoms with Crippen molar-refractivity contribution in [2.24, 2.45) is 0 Å². The van der Waals surface area contributed by atoms with E-state index in [1.165, 1.54) is 12.1 Å². The molecule has 0 radical (unpaired) electrons. The first-order valence-electron chi connectivity index (χ1n) is 16.0. The van der Waals surface area contributed by atoms with Crippen molar-refractivity contribution in [2.45, 2.75) is 53.2 Å². The molecule has 3 aromatic rings. The van der Waals surface area contributed by atoms with Crippen molar-refractivity contribution in [3.05, 3.63) is 98.7 Å². The average Bonchev–Trinajstić information content (AvgIpc) is 3.52. The van der Waals surface area contributed by atoms with Crippen LogP contribution in [-0.2, 0) is 22.6 Å². The lowest BCUT2D eigenvalue weighted by Crippen LogP contribution is -2.39. The maximum Gasteiger partial charge on any atom is 0.253 e. The fourth-order valence-corrected chi connectivity index (χ4v) is 6.57. The number of nitrogens with zero attached hydrogens (tertiary/aromatic N) is 3. The number of hydrogen-bond donors (Lipinski definition) is 2. The quantitative estimate of drug-likeness (QED) is 0.321. The molecule has 10 heteroatoms. The van der Waals surface area contributed by atoms with Crippen molar-refractivity contribution in [2.75, 3.05) is 50.8 Å². The van der Waals surface area contributed by atoms with Gasteiger partial charge >= 0.3 is 0 Å². The summed E-state index contributed by atoms with van der Waals surface area (Å²) in [5, 5.41) is 2.95. The van der Waals surface area contributed by atoms with Crippen LogP contribution in [0.4, 0.5) is 10.1 Å². The molecule has 9 nitrogen and oxygen atoms in total. The van der Waals surface area contributed by atoms with E-state index in [4.69, 9.17) is 4.74 Å². The molecule has 0 aliphatic carbocycles. The molecule has 46 heavy (non-hydrogen) atoms. The van der Waals surface area contributed by atoms with Gasteiger partial charge in [0, 0.05) is 79.9 Å². The monoisotopic (exact) mass is 629 g/mol. The molecule has 5 rings (SSSR count). The molecule has 1 unspecified atom stereocenters. The highest BCUT2D eigenvalue weighted by Gasteiger charge is 2.31. The van der Waals surface area contributed by atoms with Gasteiger partial charge in [-0.1, -0.05) is 18.7 Å². The summed E-state index contributed by atoms with van der Waals surface area (Å²) in [6.45, 7) is 16.5. The average molecular weight is 630 g/mol. The highest BCUT2D eigenvalue weighted by molar-refractivity contribution is 5.99. The van der Waals surface area contributed by atoms with Gasteiger partial charge in [0.1, 0.15) is 5.82 Å². The molecule has 1 aromatic heterocycles. The number of aryl methyl sites for hydroxylation is 2. The van der Waals surface area contributed by atoms with E-state index < -0.39 is 0 Å². The van der Waals surface area contributed by atoms with Gasteiger partial charge in [-0.05, 0) is 86.7 Å². The van der Waals surface area contributed by atoms with Gasteiger partial charge in [-0.3, -0.25) is 19.3 Å². The Labute approximate surface area is 270 Å². The van der Waals surface area contributed by atoms with E-state index in [0.29, 0.717) is 67.2 Å². The van der Waals surface area contributed by atoms with Gasteiger partial charge in [0.2, 0.25) is 5.91 Å². The summed E-state index contributed by atoms with van der Waals surface area (Å²) in [6.07, 6.45) is 2.12. The lowest BCUT2D eigenvalue weighted by molar-refractivity contribution is -0.125. The molecule has 2 N–H and O–H groups in total. The number of halogens is 1. The largest absolute Gasteiger partial charge is 0.379 e. The number of aromatic amines is 1. The van der Waals surface area contributed by atoms with Crippen molar-refractivity contribution >= 4 is 17.5 Å². The number of rotatable bonds is 10. The number of likely N-dealkylation sites (tertiary alicyclic amines) is 1. The van der Waals surface area contributed by atoms with Crippen molar-refractivity contribution in [3.63, 3.8) is 0 Å². The molecule has 2 saturated heterocycles. The Hall–Kier alpha value is -4.28. The molecular formula is C36H44FN5O4. The van der Waals surface area contributed by atoms with Crippen LogP contribution in [-0.4, -0.2) is 78.6 Å². The zero-order valence-electron chi connectivity index (χ0n) is 27.2. The van der Waals surface area contributed by atoms with Gasteiger partial charge in [0.25, 0.3) is 11.5 Å². The van der Waals surface area contributed by atoms with E-state index in [1.54, 1.807) is 11.0 Å². The number of likely N-dealkylation sites (N-methyl/N-ethyl adjacent to an activating group) is 1. The van der Waals surface area contributed by atoms with E-state index in [1.807, 2.05) is 45.0 Å². The van der Waals surface area contributed by atoms with Gasteiger partial charge in [-0.25, -0.2) is 4.39 Å². The number of H-pyrrole nitrogens is 1. The molecule has 2 amide bonds. The highest BCUT2D eigenvalue weighted by Crippen LogP contribution is 2.34. The van der Waals surface area contributed by atoms with E-state index in [0.717, 1.165) is 42.0 Å². The number of aromatic nitrogens is 1. The molecular weight excluding hydrogens is 585 g/mol. The zero-order chi connectivity index (χ0) is 33.0. The predicted octanol–water partition coefficient (Wildman–Crippen LogP) is 4.48. The van der Waals surface area contributed by atoms with Gasteiger partial charge in [-0.2, -0.15) is 0 Å². The molecule has 2 fully saturated rings. The SMILES string of the molecule is C=CC(=O)N1CCC(N(CC)c2cc(-c3ccc(CN4CCOCC4)c(F)c3)cc(C(=O)NCc3c(C)cc(C)[nH]c3=O)c2C)C1. The number of ether oxygens (including phenoxy) is 1. The van der Waals surface area contributed by atoms with Crippen molar-refractivity contribution in [1.82, 2.24) is 20.1 Å². The first kappa shape index (κ1) is 33.1. The number of carbonyl (C=O) groups is 2. The molecule has 2 aromatic carbocycles. The lowest BCUT2D eigenvalue weighted by atomic mass is 9.95. The molecule has 2 aliphatic heterocycles. The summed E-state index contributed by atoms with van der Waals surface area (Å²) < 4.78 is 21.0. The van der Waals surface area contributed by atoms with Gasteiger partial charge < -0.3 is 24.8 Å². The maximum absolute atomic E-state index is 15.5. The number of hydrogen-bond acceptors (Lipinski definition) is 6.